The lowest BCUT2D eigenvalue weighted by Crippen LogP contribution is -2.42. The van der Waals surface area contributed by atoms with Crippen molar-refractivity contribution in [1.82, 2.24) is 4.72 Å². The fourth-order valence-electron chi connectivity index (χ4n) is 2.64. The van der Waals surface area contributed by atoms with Crippen LogP contribution in [-0.4, -0.2) is 27.5 Å². The Bertz CT molecular complexity index is 667. The summed E-state index contributed by atoms with van der Waals surface area (Å²) in [6.45, 7) is 11.2. The molecule has 130 valence electrons. The summed E-state index contributed by atoms with van der Waals surface area (Å²) in [5.41, 5.74) is 3.22. The van der Waals surface area contributed by atoms with Crippen LogP contribution in [0.15, 0.2) is 11.0 Å². The molecule has 1 N–H and O–H groups in total. The largest absolute Gasteiger partial charge is 0.468 e. The van der Waals surface area contributed by atoms with Gasteiger partial charge in [0.15, 0.2) is 0 Å². The van der Waals surface area contributed by atoms with E-state index in [1.54, 1.807) is 13.8 Å². The molecule has 1 rings (SSSR count). The lowest BCUT2D eigenvalue weighted by molar-refractivity contribution is -0.143. The molecule has 23 heavy (non-hydrogen) atoms. The number of carbonyl (C=O) groups is 1. The molecule has 0 heterocycles. The number of benzene rings is 1. The van der Waals surface area contributed by atoms with Crippen molar-refractivity contribution < 1.29 is 17.9 Å². The Morgan fingerprint density at radius 3 is 2.00 bits per heavy atom. The number of carbonyl (C=O) groups excluding carboxylic acids is 1. The second-order valence-electron chi connectivity index (χ2n) is 6.42. The van der Waals surface area contributed by atoms with Crippen molar-refractivity contribution in [2.24, 2.45) is 5.92 Å². The predicted molar refractivity (Wildman–Crippen MR) is 91.0 cm³/mol. The first-order chi connectivity index (χ1) is 10.5. The van der Waals surface area contributed by atoms with E-state index in [4.69, 9.17) is 4.74 Å². The smallest absolute Gasteiger partial charge is 0.323 e. The van der Waals surface area contributed by atoms with Gasteiger partial charge in [-0.05, 0) is 62.3 Å². The van der Waals surface area contributed by atoms with Crippen molar-refractivity contribution >= 4 is 16.0 Å². The van der Waals surface area contributed by atoms with Gasteiger partial charge in [-0.3, -0.25) is 4.79 Å². The summed E-state index contributed by atoms with van der Waals surface area (Å²) in [6.07, 6.45) is 0.384. The number of hydrogen-bond acceptors (Lipinski definition) is 4. The normalized spacial score (nSPS) is 13.2. The quantitative estimate of drug-likeness (QED) is 0.808. The molecular formula is C17H27NO4S. The van der Waals surface area contributed by atoms with Gasteiger partial charge in [0.25, 0.3) is 0 Å². The minimum absolute atomic E-state index is 0.156. The second kappa shape index (κ2) is 7.45. The van der Waals surface area contributed by atoms with Crippen LogP contribution in [0, 0.1) is 33.6 Å². The number of methoxy groups -OCH3 is 1. The monoisotopic (exact) mass is 341 g/mol. The van der Waals surface area contributed by atoms with Crippen molar-refractivity contribution in [2.45, 2.75) is 58.9 Å². The number of aryl methyl sites for hydroxylation is 2. The van der Waals surface area contributed by atoms with Crippen LogP contribution < -0.4 is 4.72 Å². The predicted octanol–water partition coefficient (Wildman–Crippen LogP) is 2.79. The Balaban J connectivity index is 3.34. The summed E-state index contributed by atoms with van der Waals surface area (Å²) in [6, 6.07) is 1.08. The van der Waals surface area contributed by atoms with E-state index >= 15 is 0 Å². The summed E-state index contributed by atoms with van der Waals surface area (Å²) < 4.78 is 33.0. The third-order valence-corrected chi connectivity index (χ3v) is 5.80. The molecule has 1 aromatic carbocycles. The minimum Gasteiger partial charge on any atom is -0.468 e. The second-order valence-corrected chi connectivity index (χ2v) is 8.07. The van der Waals surface area contributed by atoms with Gasteiger partial charge in [0.2, 0.25) is 10.0 Å². The minimum atomic E-state index is -3.82. The molecule has 1 aromatic rings. The van der Waals surface area contributed by atoms with E-state index in [1.165, 1.54) is 7.11 Å². The van der Waals surface area contributed by atoms with Crippen molar-refractivity contribution in [2.75, 3.05) is 7.11 Å². The van der Waals surface area contributed by atoms with Crippen LogP contribution in [0.3, 0.4) is 0 Å². The summed E-state index contributed by atoms with van der Waals surface area (Å²) >= 11 is 0. The van der Waals surface area contributed by atoms with E-state index in [-0.39, 0.29) is 10.8 Å². The summed E-state index contributed by atoms with van der Waals surface area (Å²) in [7, 11) is -2.56. The van der Waals surface area contributed by atoms with Gasteiger partial charge in [-0.2, -0.15) is 4.72 Å². The van der Waals surface area contributed by atoms with E-state index < -0.39 is 22.0 Å². The fraction of sp³-hybridized carbons (Fsp3) is 0.588. The van der Waals surface area contributed by atoms with Crippen LogP contribution >= 0.6 is 0 Å². The molecule has 0 fully saturated rings. The van der Waals surface area contributed by atoms with E-state index in [2.05, 4.69) is 4.72 Å². The molecule has 0 bridgehead atoms. The maximum Gasteiger partial charge on any atom is 0.323 e. The molecule has 0 aliphatic rings. The van der Waals surface area contributed by atoms with Gasteiger partial charge in [-0.25, -0.2) is 8.42 Å². The number of esters is 1. The van der Waals surface area contributed by atoms with Crippen molar-refractivity contribution in [1.29, 1.82) is 0 Å². The topological polar surface area (TPSA) is 72.5 Å². The number of hydrogen-bond donors (Lipinski definition) is 1. The van der Waals surface area contributed by atoms with E-state index in [1.807, 2.05) is 33.8 Å². The number of rotatable bonds is 6. The number of nitrogens with one attached hydrogen (secondary N) is 1. The molecule has 0 amide bonds. The maximum absolute atomic E-state index is 12.9. The fourth-order valence-corrected chi connectivity index (χ4v) is 4.45. The Labute approximate surface area is 139 Å². The van der Waals surface area contributed by atoms with Crippen LogP contribution in [0.5, 0.6) is 0 Å². The van der Waals surface area contributed by atoms with Crippen LogP contribution in [0.1, 0.15) is 42.5 Å². The molecule has 6 heteroatoms. The van der Waals surface area contributed by atoms with Crippen molar-refractivity contribution in [3.05, 3.63) is 28.3 Å². The van der Waals surface area contributed by atoms with Gasteiger partial charge >= 0.3 is 5.97 Å². The molecule has 0 saturated heterocycles. The number of sulfonamides is 1. The number of ether oxygens (including phenoxy) is 1. The molecule has 0 spiro atoms. The van der Waals surface area contributed by atoms with Crippen LogP contribution in [0.25, 0.3) is 0 Å². The molecule has 0 unspecified atom stereocenters. The average molecular weight is 341 g/mol. The van der Waals surface area contributed by atoms with Gasteiger partial charge in [0.1, 0.15) is 6.04 Å². The van der Waals surface area contributed by atoms with Crippen molar-refractivity contribution in [3.8, 4) is 0 Å². The molecular weight excluding hydrogens is 314 g/mol. The Morgan fingerprint density at radius 1 is 1.13 bits per heavy atom. The first kappa shape index (κ1) is 19.6. The van der Waals surface area contributed by atoms with Gasteiger partial charge in [-0.1, -0.05) is 19.9 Å². The molecule has 0 aliphatic carbocycles. The summed E-state index contributed by atoms with van der Waals surface area (Å²) in [4.78, 5) is 12.2. The highest BCUT2D eigenvalue weighted by molar-refractivity contribution is 7.89. The van der Waals surface area contributed by atoms with Gasteiger partial charge in [-0.15, -0.1) is 0 Å². The molecule has 0 aromatic heterocycles. The maximum atomic E-state index is 12.9. The zero-order valence-corrected chi connectivity index (χ0v) is 15.8. The van der Waals surface area contributed by atoms with E-state index in [0.717, 1.165) is 11.1 Å². The standard InChI is InChI=1S/C17H27NO4S/c1-10(2)8-15(17(19)22-7)18-23(20,21)16-13(5)11(3)9-12(4)14(16)6/h9-10,15,18H,8H2,1-7H3/t15-/m1/s1. The highest BCUT2D eigenvalue weighted by atomic mass is 32.2. The van der Waals surface area contributed by atoms with Gasteiger partial charge in [0, 0.05) is 0 Å². The van der Waals surface area contributed by atoms with E-state index in [0.29, 0.717) is 17.5 Å². The average Bonchev–Trinajstić information content (AvgIpc) is 2.42. The Kier molecular flexibility index (Phi) is 6.36. The first-order valence-corrected chi connectivity index (χ1v) is 9.17. The van der Waals surface area contributed by atoms with Crippen LogP contribution in [-0.2, 0) is 19.6 Å². The Hall–Kier alpha value is -1.40. The molecule has 1 atom stereocenters. The van der Waals surface area contributed by atoms with Crippen LogP contribution in [0.4, 0.5) is 0 Å². The zero-order chi connectivity index (χ0) is 17.9. The highest BCUT2D eigenvalue weighted by Gasteiger charge is 2.29. The molecule has 5 nitrogen and oxygen atoms in total. The third kappa shape index (κ3) is 4.54. The lowest BCUT2D eigenvalue weighted by Gasteiger charge is -2.21. The Morgan fingerprint density at radius 2 is 1.61 bits per heavy atom. The SMILES string of the molecule is COC(=O)[C@@H](CC(C)C)NS(=O)(=O)c1c(C)c(C)cc(C)c1C. The highest BCUT2D eigenvalue weighted by Crippen LogP contribution is 2.26. The summed E-state index contributed by atoms with van der Waals surface area (Å²) in [5, 5.41) is 0. The van der Waals surface area contributed by atoms with E-state index in [9.17, 15) is 13.2 Å². The molecule has 0 radical (unpaired) electrons. The van der Waals surface area contributed by atoms with Crippen LogP contribution in [0.2, 0.25) is 0 Å². The zero-order valence-electron chi connectivity index (χ0n) is 15.0. The lowest BCUT2D eigenvalue weighted by atomic mass is 10.0. The van der Waals surface area contributed by atoms with Crippen molar-refractivity contribution in [3.63, 3.8) is 0 Å². The third-order valence-electron chi connectivity index (χ3n) is 4.06. The summed E-state index contributed by atoms with van der Waals surface area (Å²) in [5.74, 6) is -0.412. The first-order valence-electron chi connectivity index (χ1n) is 7.68. The van der Waals surface area contributed by atoms with Gasteiger partial charge in [0.05, 0.1) is 12.0 Å². The molecule has 0 aliphatic heterocycles. The molecule has 0 saturated carbocycles. The van der Waals surface area contributed by atoms with Gasteiger partial charge < -0.3 is 4.74 Å².